The quantitative estimate of drug-likeness (QED) is 0.395. The van der Waals surface area contributed by atoms with E-state index in [0.29, 0.717) is 15.2 Å². The van der Waals surface area contributed by atoms with E-state index in [1.54, 1.807) is 48.1 Å². The predicted octanol–water partition coefficient (Wildman–Crippen LogP) is 5.40. The van der Waals surface area contributed by atoms with Crippen molar-refractivity contribution in [2.45, 2.75) is 24.6 Å². The van der Waals surface area contributed by atoms with Crippen molar-refractivity contribution in [1.82, 2.24) is 4.57 Å². The molecule has 0 amide bonds. The molecule has 9 heteroatoms. The smallest absolute Gasteiger partial charge is 0.392 e. The largest absolute Gasteiger partial charge is 0.407 e. The van der Waals surface area contributed by atoms with Gasteiger partial charge in [-0.25, -0.2) is 8.42 Å². The van der Waals surface area contributed by atoms with E-state index in [2.05, 4.69) is 0 Å². The van der Waals surface area contributed by atoms with E-state index < -0.39 is 22.7 Å². The molecule has 0 aliphatic rings. The van der Waals surface area contributed by atoms with Gasteiger partial charge in [0.05, 0.1) is 17.2 Å². The first-order valence-corrected chi connectivity index (χ1v) is 11.9. The van der Waals surface area contributed by atoms with Crippen LogP contribution in [0.5, 0.6) is 0 Å². The summed E-state index contributed by atoms with van der Waals surface area (Å²) in [6.45, 7) is 0.115. The first kappa shape index (κ1) is 23.8. The zero-order valence-corrected chi connectivity index (χ0v) is 19.4. The second-order valence-electron chi connectivity index (χ2n) is 8.10. The van der Waals surface area contributed by atoms with Crippen molar-refractivity contribution < 1.29 is 26.7 Å². The Morgan fingerprint density at radius 1 is 1.00 bits per heavy atom. The van der Waals surface area contributed by atoms with E-state index in [1.165, 1.54) is 24.3 Å². The predicted molar refractivity (Wildman–Crippen MR) is 126 cm³/mol. The molecule has 1 aromatic heterocycles. The molecule has 0 atom stereocenters. The summed E-state index contributed by atoms with van der Waals surface area (Å²) in [5.74, 6) is 0. The molecule has 0 radical (unpaired) electrons. The van der Waals surface area contributed by atoms with Crippen molar-refractivity contribution in [2.75, 3.05) is 10.8 Å². The summed E-state index contributed by atoms with van der Waals surface area (Å²) in [5.41, 5.74) is 3.71. The van der Waals surface area contributed by atoms with Crippen molar-refractivity contribution >= 4 is 26.6 Å². The Morgan fingerprint density at radius 3 is 2.32 bits per heavy atom. The number of aliphatic hydroxyl groups excluding tert-OH is 1. The molecular weight excluding hydrogens is 465 g/mol. The molecule has 0 aliphatic carbocycles. The molecule has 3 aromatic carbocycles. The number of aryl methyl sites for hydroxylation is 2. The third-order valence-corrected chi connectivity index (χ3v) is 7.55. The zero-order chi connectivity index (χ0) is 24.7. The molecule has 0 saturated heterocycles. The van der Waals surface area contributed by atoms with Gasteiger partial charge in [-0.05, 0) is 59.5 Å². The van der Waals surface area contributed by atoms with Crippen LogP contribution in [0, 0.1) is 6.92 Å². The summed E-state index contributed by atoms with van der Waals surface area (Å²) in [5, 5.41) is 9.65. The molecule has 4 aromatic rings. The molecule has 0 aliphatic heterocycles. The third-order valence-electron chi connectivity index (χ3n) is 5.72. The molecule has 0 fully saturated rings. The van der Waals surface area contributed by atoms with Gasteiger partial charge in [-0.15, -0.1) is 0 Å². The minimum absolute atomic E-state index is 0.0846. The highest BCUT2D eigenvalue weighted by molar-refractivity contribution is 7.93. The molecule has 4 rings (SSSR count). The van der Waals surface area contributed by atoms with E-state index in [-0.39, 0.29) is 17.2 Å². The average molecular weight is 489 g/mol. The Hall–Kier alpha value is -3.30. The van der Waals surface area contributed by atoms with Gasteiger partial charge in [0.25, 0.3) is 10.0 Å². The van der Waals surface area contributed by atoms with Crippen LogP contribution >= 0.6 is 0 Å². The average Bonchev–Trinajstić information content (AvgIpc) is 3.18. The molecular formula is C25H23F3N2O3S. The van der Waals surface area contributed by atoms with Crippen LogP contribution in [0.4, 0.5) is 18.9 Å². The van der Waals surface area contributed by atoms with E-state index in [4.69, 9.17) is 0 Å². The van der Waals surface area contributed by atoms with Gasteiger partial charge in [0, 0.05) is 24.1 Å². The van der Waals surface area contributed by atoms with Crippen LogP contribution in [0.2, 0.25) is 0 Å². The number of halogens is 3. The molecule has 0 bridgehead atoms. The van der Waals surface area contributed by atoms with Crippen molar-refractivity contribution in [2.24, 2.45) is 7.05 Å². The number of aromatic nitrogens is 1. The minimum Gasteiger partial charge on any atom is -0.392 e. The summed E-state index contributed by atoms with van der Waals surface area (Å²) in [7, 11) is -2.79. The lowest BCUT2D eigenvalue weighted by Crippen LogP contribution is -2.39. The maximum absolute atomic E-state index is 13.5. The lowest BCUT2D eigenvalue weighted by molar-refractivity contribution is -0.117. The van der Waals surface area contributed by atoms with Crippen molar-refractivity contribution in [3.63, 3.8) is 0 Å². The van der Waals surface area contributed by atoms with E-state index in [9.17, 15) is 26.7 Å². The van der Waals surface area contributed by atoms with Gasteiger partial charge in [-0.2, -0.15) is 13.2 Å². The minimum atomic E-state index is -4.74. The summed E-state index contributed by atoms with van der Waals surface area (Å²) in [6, 6.07) is 17.5. The Labute approximate surface area is 195 Å². The van der Waals surface area contributed by atoms with Crippen molar-refractivity contribution in [3.05, 3.63) is 84.1 Å². The summed E-state index contributed by atoms with van der Waals surface area (Å²) in [6.07, 6.45) is -3.08. The zero-order valence-electron chi connectivity index (χ0n) is 18.5. The molecule has 1 N–H and O–H groups in total. The molecule has 1 heterocycles. The number of fused-ring (bicyclic) bond motifs is 1. The van der Waals surface area contributed by atoms with Crippen LogP contribution in [0.15, 0.2) is 77.8 Å². The van der Waals surface area contributed by atoms with Gasteiger partial charge in [0.15, 0.2) is 0 Å². The number of aliphatic hydroxyl groups is 1. The first-order valence-electron chi connectivity index (χ1n) is 10.5. The number of alkyl halides is 3. The standard InChI is InChI=1S/C25H23F3N2O3S/c1-17-14-18(15-31)6-11-21(17)19-7-9-20(10-8-19)30(16-25(26,27)28)34(32,33)24-5-3-4-23-22(24)12-13-29(23)2/h3-14,31H,15-16H2,1-2H3. The van der Waals surface area contributed by atoms with Gasteiger partial charge in [0.2, 0.25) is 0 Å². The second-order valence-corrected chi connectivity index (χ2v) is 9.93. The fraction of sp³-hybridized carbons (Fsp3) is 0.200. The van der Waals surface area contributed by atoms with Crippen LogP contribution < -0.4 is 4.31 Å². The van der Waals surface area contributed by atoms with Gasteiger partial charge in [-0.1, -0.05) is 36.4 Å². The van der Waals surface area contributed by atoms with Crippen molar-refractivity contribution in [1.29, 1.82) is 0 Å². The number of benzene rings is 3. The maximum Gasteiger partial charge on any atom is 0.407 e. The van der Waals surface area contributed by atoms with Crippen LogP contribution in [-0.4, -0.2) is 30.8 Å². The highest BCUT2D eigenvalue weighted by atomic mass is 32.2. The summed E-state index contributed by atoms with van der Waals surface area (Å²) in [4.78, 5) is -0.186. The van der Waals surface area contributed by atoms with Gasteiger partial charge < -0.3 is 9.67 Å². The highest BCUT2D eigenvalue weighted by Gasteiger charge is 2.38. The molecule has 178 valence electrons. The van der Waals surface area contributed by atoms with Crippen LogP contribution in [0.1, 0.15) is 11.1 Å². The van der Waals surface area contributed by atoms with Gasteiger partial charge in [-0.3, -0.25) is 4.31 Å². The number of hydrogen-bond donors (Lipinski definition) is 1. The van der Waals surface area contributed by atoms with E-state index in [0.717, 1.165) is 22.3 Å². The number of rotatable bonds is 6. The number of sulfonamides is 1. The third kappa shape index (κ3) is 4.53. The maximum atomic E-state index is 13.5. The van der Waals surface area contributed by atoms with Crippen molar-refractivity contribution in [3.8, 4) is 11.1 Å². The normalized spacial score (nSPS) is 12.3. The number of nitrogens with zero attached hydrogens (tertiary/aromatic N) is 2. The summed E-state index contributed by atoms with van der Waals surface area (Å²) < 4.78 is 69.6. The first-order chi connectivity index (χ1) is 16.0. The Balaban J connectivity index is 1.79. The SMILES string of the molecule is Cc1cc(CO)ccc1-c1ccc(N(CC(F)(F)F)S(=O)(=O)c2cccc3c2ccn3C)cc1. The Kier molecular flexibility index (Phi) is 6.18. The van der Waals surface area contributed by atoms with Crippen LogP contribution in [0.3, 0.4) is 0 Å². The topological polar surface area (TPSA) is 62.5 Å². The highest BCUT2D eigenvalue weighted by Crippen LogP contribution is 2.34. The van der Waals surface area contributed by atoms with Gasteiger partial charge >= 0.3 is 6.18 Å². The Morgan fingerprint density at radius 2 is 1.71 bits per heavy atom. The van der Waals surface area contributed by atoms with Gasteiger partial charge in [0.1, 0.15) is 6.54 Å². The number of hydrogen-bond acceptors (Lipinski definition) is 3. The second kappa shape index (κ2) is 8.81. The van der Waals surface area contributed by atoms with E-state index >= 15 is 0 Å². The lowest BCUT2D eigenvalue weighted by atomic mass is 9.98. The molecule has 34 heavy (non-hydrogen) atoms. The summed E-state index contributed by atoms with van der Waals surface area (Å²) >= 11 is 0. The fourth-order valence-corrected chi connectivity index (χ4v) is 5.71. The molecule has 0 unspecified atom stereocenters. The van der Waals surface area contributed by atoms with Crippen LogP contribution in [0.25, 0.3) is 22.0 Å². The molecule has 0 saturated carbocycles. The Bertz CT molecular complexity index is 1440. The fourth-order valence-electron chi connectivity index (χ4n) is 4.05. The monoisotopic (exact) mass is 488 g/mol. The van der Waals surface area contributed by atoms with E-state index in [1.807, 2.05) is 19.1 Å². The molecule has 5 nitrogen and oxygen atoms in total. The van der Waals surface area contributed by atoms with Crippen LogP contribution in [-0.2, 0) is 23.7 Å². The molecule has 0 spiro atoms. The lowest BCUT2D eigenvalue weighted by Gasteiger charge is -2.26. The number of anilines is 1.